The van der Waals surface area contributed by atoms with Gasteiger partial charge in [-0.1, -0.05) is 42.5 Å². The van der Waals surface area contributed by atoms with Gasteiger partial charge >= 0.3 is 0 Å². The number of rotatable bonds is 7. The average Bonchev–Trinajstić information content (AvgIpc) is 2.91. The van der Waals surface area contributed by atoms with Gasteiger partial charge in [0.15, 0.2) is 5.82 Å². The zero-order valence-corrected chi connectivity index (χ0v) is 21.4. The van der Waals surface area contributed by atoms with E-state index in [9.17, 15) is 17.6 Å². The highest BCUT2D eigenvalue weighted by atomic mass is 32.2. The molecule has 0 amide bonds. The minimum Gasteiger partial charge on any atom is -0.370 e. The summed E-state index contributed by atoms with van der Waals surface area (Å²) in [5, 5.41) is 0. The second-order valence-corrected chi connectivity index (χ2v) is 10.7. The summed E-state index contributed by atoms with van der Waals surface area (Å²) in [7, 11) is -1.95. The van der Waals surface area contributed by atoms with E-state index in [-0.39, 0.29) is 28.7 Å². The first kappa shape index (κ1) is 25.6. The van der Waals surface area contributed by atoms with Gasteiger partial charge in [-0.25, -0.2) is 17.8 Å². The van der Waals surface area contributed by atoms with Crippen LogP contribution in [0.4, 0.5) is 16.0 Å². The molecule has 1 unspecified atom stereocenters. The van der Waals surface area contributed by atoms with E-state index in [1.807, 2.05) is 23.1 Å². The number of sulfonamides is 1. The maximum absolute atomic E-state index is 14.3. The van der Waals surface area contributed by atoms with E-state index in [2.05, 4.69) is 14.7 Å². The van der Waals surface area contributed by atoms with E-state index in [0.29, 0.717) is 36.9 Å². The molecule has 1 atom stereocenters. The SMILES string of the molecule is Cn1c(N2CCOC(c3ccc(NS(=O)(=O)Cc4ccccc4)cc3)C2)nc(-c2ccncc2F)cc1=O. The Morgan fingerprint density at radius 3 is 2.61 bits per heavy atom. The van der Waals surface area contributed by atoms with E-state index >= 15 is 0 Å². The average molecular weight is 536 g/mol. The third kappa shape index (κ3) is 5.74. The predicted molar refractivity (Wildman–Crippen MR) is 143 cm³/mol. The van der Waals surface area contributed by atoms with E-state index in [0.717, 1.165) is 11.8 Å². The normalized spacial score (nSPS) is 15.8. The number of nitrogens with zero attached hydrogens (tertiary/aromatic N) is 4. The maximum atomic E-state index is 14.3. The Morgan fingerprint density at radius 2 is 1.87 bits per heavy atom. The number of hydrogen-bond donors (Lipinski definition) is 1. The molecule has 4 aromatic rings. The lowest BCUT2D eigenvalue weighted by molar-refractivity contribution is 0.0390. The number of halogens is 1. The molecule has 5 rings (SSSR count). The van der Waals surface area contributed by atoms with Crippen molar-refractivity contribution in [3.63, 3.8) is 0 Å². The predicted octanol–water partition coefficient (Wildman–Crippen LogP) is 3.50. The van der Waals surface area contributed by atoms with Crippen LogP contribution in [0.2, 0.25) is 0 Å². The molecular weight excluding hydrogens is 509 g/mol. The smallest absolute Gasteiger partial charge is 0.255 e. The van der Waals surface area contributed by atoms with Gasteiger partial charge in [-0.3, -0.25) is 19.1 Å². The maximum Gasteiger partial charge on any atom is 0.255 e. The summed E-state index contributed by atoms with van der Waals surface area (Å²) in [5.74, 6) is -0.273. The summed E-state index contributed by atoms with van der Waals surface area (Å²) in [6, 6.07) is 18.8. The van der Waals surface area contributed by atoms with Crippen molar-refractivity contribution in [2.45, 2.75) is 11.9 Å². The van der Waals surface area contributed by atoms with Crippen LogP contribution in [0.5, 0.6) is 0 Å². The first-order valence-corrected chi connectivity index (χ1v) is 13.6. The Bertz CT molecular complexity index is 1590. The lowest BCUT2D eigenvalue weighted by atomic mass is 10.1. The van der Waals surface area contributed by atoms with Crippen molar-refractivity contribution in [2.24, 2.45) is 7.05 Å². The number of benzene rings is 2. The van der Waals surface area contributed by atoms with E-state index in [1.54, 1.807) is 43.4 Å². The van der Waals surface area contributed by atoms with Crippen LogP contribution >= 0.6 is 0 Å². The van der Waals surface area contributed by atoms with Gasteiger partial charge in [0.1, 0.15) is 6.10 Å². The molecule has 1 aliphatic rings. The fraction of sp³-hybridized carbons (Fsp3) is 0.222. The zero-order valence-electron chi connectivity index (χ0n) is 20.6. The van der Waals surface area contributed by atoms with E-state index < -0.39 is 15.8 Å². The second-order valence-electron chi connectivity index (χ2n) is 8.97. The monoisotopic (exact) mass is 535 g/mol. The number of aromatic nitrogens is 3. The van der Waals surface area contributed by atoms with E-state index in [1.165, 1.54) is 22.9 Å². The molecule has 3 heterocycles. The summed E-state index contributed by atoms with van der Waals surface area (Å²) in [4.78, 5) is 23.0. The molecule has 1 aliphatic heterocycles. The number of nitrogens with one attached hydrogen (secondary N) is 1. The Labute approximate surface area is 219 Å². The van der Waals surface area contributed by atoms with Gasteiger partial charge in [0.05, 0.1) is 30.8 Å². The summed E-state index contributed by atoms with van der Waals surface area (Å²) in [5.41, 5.74) is 2.13. The molecule has 0 radical (unpaired) electrons. The molecule has 9 nitrogen and oxygen atoms in total. The highest BCUT2D eigenvalue weighted by molar-refractivity contribution is 7.91. The van der Waals surface area contributed by atoms with Gasteiger partial charge in [0.2, 0.25) is 16.0 Å². The largest absolute Gasteiger partial charge is 0.370 e. The van der Waals surface area contributed by atoms with Crippen LogP contribution in [0, 0.1) is 5.82 Å². The molecule has 0 spiro atoms. The molecule has 11 heteroatoms. The van der Waals surface area contributed by atoms with Crippen molar-refractivity contribution < 1.29 is 17.5 Å². The highest BCUT2D eigenvalue weighted by Crippen LogP contribution is 2.28. The third-order valence-corrected chi connectivity index (χ3v) is 7.52. The molecule has 0 bridgehead atoms. The van der Waals surface area contributed by atoms with Crippen molar-refractivity contribution in [1.29, 1.82) is 0 Å². The second kappa shape index (κ2) is 10.7. The van der Waals surface area contributed by atoms with Crippen LogP contribution in [-0.2, 0) is 27.6 Å². The van der Waals surface area contributed by atoms with Gasteiger partial charge in [0.25, 0.3) is 5.56 Å². The van der Waals surface area contributed by atoms with Crippen LogP contribution in [0.3, 0.4) is 0 Å². The van der Waals surface area contributed by atoms with Crippen LogP contribution in [0.15, 0.2) is 83.9 Å². The molecule has 2 aromatic heterocycles. The third-order valence-electron chi connectivity index (χ3n) is 6.26. The van der Waals surface area contributed by atoms with Crippen LogP contribution in [0.25, 0.3) is 11.3 Å². The number of morpholine rings is 1. The minimum absolute atomic E-state index is 0.121. The molecule has 1 saturated heterocycles. The molecule has 2 aromatic carbocycles. The lowest BCUT2D eigenvalue weighted by Gasteiger charge is -2.34. The summed E-state index contributed by atoms with van der Waals surface area (Å²) in [6.45, 7) is 1.29. The molecular formula is C27H26FN5O4S. The van der Waals surface area contributed by atoms with Crippen LogP contribution in [0.1, 0.15) is 17.2 Å². The molecule has 0 aliphatic carbocycles. The van der Waals surface area contributed by atoms with Gasteiger partial charge in [-0.15, -0.1) is 0 Å². The Morgan fingerprint density at radius 1 is 1.11 bits per heavy atom. The van der Waals surface area contributed by atoms with E-state index in [4.69, 9.17) is 4.74 Å². The molecule has 1 N–H and O–H groups in total. The summed E-state index contributed by atoms with van der Waals surface area (Å²) < 4.78 is 49.5. The fourth-order valence-electron chi connectivity index (χ4n) is 4.34. The number of hydrogen-bond acceptors (Lipinski definition) is 7. The topological polar surface area (TPSA) is 106 Å². The molecule has 0 saturated carbocycles. The van der Waals surface area contributed by atoms with Crippen molar-refractivity contribution in [2.75, 3.05) is 29.3 Å². The fourth-order valence-corrected chi connectivity index (χ4v) is 5.54. The van der Waals surface area contributed by atoms with Crippen molar-refractivity contribution in [3.05, 3.63) is 106 Å². The first-order chi connectivity index (χ1) is 18.3. The molecule has 196 valence electrons. The highest BCUT2D eigenvalue weighted by Gasteiger charge is 2.26. The number of ether oxygens (including phenoxy) is 1. The van der Waals surface area contributed by atoms with Crippen LogP contribution < -0.4 is 15.2 Å². The number of anilines is 2. The van der Waals surface area contributed by atoms with Gasteiger partial charge < -0.3 is 9.64 Å². The Hall–Kier alpha value is -4.09. The quantitative estimate of drug-likeness (QED) is 0.386. The van der Waals surface area contributed by atoms with Crippen LogP contribution in [-0.4, -0.2) is 42.6 Å². The standard InChI is InChI=1S/C27H26FN5O4S/c1-32-26(34)15-24(22-11-12-29-16-23(22)28)30-27(32)33-13-14-37-25(17-33)20-7-9-21(10-8-20)31-38(35,36)18-19-5-3-2-4-6-19/h2-12,15-16,25,31H,13-14,17-18H2,1H3. The molecule has 38 heavy (non-hydrogen) atoms. The first-order valence-electron chi connectivity index (χ1n) is 12.0. The van der Waals surface area contributed by atoms with Crippen molar-refractivity contribution in [3.8, 4) is 11.3 Å². The summed E-state index contributed by atoms with van der Waals surface area (Å²) >= 11 is 0. The number of pyridine rings is 1. The zero-order chi connectivity index (χ0) is 26.7. The van der Waals surface area contributed by atoms with Crippen molar-refractivity contribution >= 4 is 21.7 Å². The summed E-state index contributed by atoms with van der Waals surface area (Å²) in [6.07, 6.45) is 2.20. The Balaban J connectivity index is 1.32. The minimum atomic E-state index is -3.57. The lowest BCUT2D eigenvalue weighted by Crippen LogP contribution is -2.41. The Kier molecular flexibility index (Phi) is 7.21. The molecule has 1 fully saturated rings. The van der Waals surface area contributed by atoms with Gasteiger partial charge in [-0.05, 0) is 29.3 Å². The van der Waals surface area contributed by atoms with Crippen molar-refractivity contribution in [1.82, 2.24) is 14.5 Å². The van der Waals surface area contributed by atoms with Gasteiger partial charge in [-0.2, -0.15) is 0 Å². The van der Waals surface area contributed by atoms with Gasteiger partial charge in [0, 0.05) is 37.1 Å².